The second-order valence-electron chi connectivity index (χ2n) is 4.98. The van der Waals surface area contributed by atoms with Crippen LogP contribution < -0.4 is 0 Å². The van der Waals surface area contributed by atoms with Gasteiger partial charge in [-0.3, -0.25) is 0 Å². The Morgan fingerprint density at radius 2 is 2.29 bits per heavy atom. The zero-order valence-corrected chi connectivity index (χ0v) is 9.03. The molecular formula is C12H19NO. The van der Waals surface area contributed by atoms with Crippen LogP contribution in [0.15, 0.2) is 16.8 Å². The van der Waals surface area contributed by atoms with Gasteiger partial charge in [-0.05, 0) is 49.0 Å². The molecule has 0 aromatic carbocycles. The SMILES string of the molecule is CC(C)C(=NO)C1=CC2CCC(C1)C2. The van der Waals surface area contributed by atoms with Crippen molar-refractivity contribution in [3.05, 3.63) is 11.6 Å². The maximum Gasteiger partial charge on any atom is 0.0849 e. The molecule has 0 amide bonds. The lowest BCUT2D eigenvalue weighted by Gasteiger charge is -2.21. The minimum absolute atomic E-state index is 0.337. The molecule has 0 heterocycles. The normalized spacial score (nSPS) is 32.2. The minimum atomic E-state index is 0.337. The highest BCUT2D eigenvalue weighted by Crippen LogP contribution is 2.41. The van der Waals surface area contributed by atoms with Gasteiger partial charge in [0.05, 0.1) is 5.71 Å². The first-order valence-electron chi connectivity index (χ1n) is 5.63. The van der Waals surface area contributed by atoms with Crippen molar-refractivity contribution in [1.82, 2.24) is 0 Å². The zero-order chi connectivity index (χ0) is 10.1. The van der Waals surface area contributed by atoms with E-state index in [0.29, 0.717) is 5.92 Å². The van der Waals surface area contributed by atoms with Gasteiger partial charge in [-0.2, -0.15) is 0 Å². The topological polar surface area (TPSA) is 32.6 Å². The van der Waals surface area contributed by atoms with Crippen molar-refractivity contribution < 1.29 is 5.21 Å². The fraction of sp³-hybridized carbons (Fsp3) is 0.750. The highest BCUT2D eigenvalue weighted by molar-refractivity contribution is 6.01. The van der Waals surface area contributed by atoms with Gasteiger partial charge in [0.25, 0.3) is 0 Å². The molecular weight excluding hydrogens is 174 g/mol. The molecule has 1 fully saturated rings. The van der Waals surface area contributed by atoms with E-state index in [9.17, 15) is 0 Å². The lowest BCUT2D eigenvalue weighted by Crippen LogP contribution is -2.16. The third-order valence-corrected chi connectivity index (χ3v) is 3.51. The van der Waals surface area contributed by atoms with E-state index < -0.39 is 0 Å². The first kappa shape index (κ1) is 9.75. The van der Waals surface area contributed by atoms with Gasteiger partial charge >= 0.3 is 0 Å². The van der Waals surface area contributed by atoms with Gasteiger partial charge in [-0.1, -0.05) is 25.1 Å². The van der Waals surface area contributed by atoms with E-state index in [4.69, 9.17) is 5.21 Å². The second-order valence-corrected chi connectivity index (χ2v) is 4.98. The Hall–Kier alpha value is -0.790. The molecule has 78 valence electrons. The monoisotopic (exact) mass is 193 g/mol. The number of fused-ring (bicyclic) bond motifs is 2. The van der Waals surface area contributed by atoms with Crippen LogP contribution in [-0.4, -0.2) is 10.9 Å². The molecule has 0 aromatic rings. The number of allylic oxidation sites excluding steroid dienone is 2. The average Bonchev–Trinajstić information content (AvgIpc) is 2.46. The highest BCUT2D eigenvalue weighted by atomic mass is 16.4. The molecule has 14 heavy (non-hydrogen) atoms. The van der Waals surface area contributed by atoms with E-state index >= 15 is 0 Å². The number of hydrogen-bond acceptors (Lipinski definition) is 2. The highest BCUT2D eigenvalue weighted by Gasteiger charge is 2.30. The Balaban J connectivity index is 2.18. The maximum absolute atomic E-state index is 8.99. The van der Waals surface area contributed by atoms with Crippen molar-refractivity contribution in [2.24, 2.45) is 22.9 Å². The third kappa shape index (κ3) is 1.70. The van der Waals surface area contributed by atoms with E-state index in [0.717, 1.165) is 24.0 Å². The summed E-state index contributed by atoms with van der Waals surface area (Å²) >= 11 is 0. The molecule has 0 saturated heterocycles. The molecule has 2 rings (SSSR count). The molecule has 2 unspecified atom stereocenters. The largest absolute Gasteiger partial charge is 0.411 e. The van der Waals surface area contributed by atoms with Crippen LogP contribution in [-0.2, 0) is 0 Å². The molecule has 2 nitrogen and oxygen atoms in total. The van der Waals surface area contributed by atoms with Gasteiger partial charge in [0, 0.05) is 0 Å². The molecule has 0 spiro atoms. The lowest BCUT2D eigenvalue weighted by molar-refractivity contribution is 0.315. The summed E-state index contributed by atoms with van der Waals surface area (Å²) in [4.78, 5) is 0. The molecule has 2 atom stereocenters. The number of rotatable bonds is 2. The van der Waals surface area contributed by atoms with E-state index in [2.05, 4.69) is 25.1 Å². The van der Waals surface area contributed by atoms with Crippen molar-refractivity contribution in [3.63, 3.8) is 0 Å². The summed E-state index contributed by atoms with van der Waals surface area (Å²) in [7, 11) is 0. The average molecular weight is 193 g/mol. The summed E-state index contributed by atoms with van der Waals surface area (Å²) in [5.41, 5.74) is 2.21. The molecule has 1 saturated carbocycles. The van der Waals surface area contributed by atoms with Gasteiger partial charge in [0.1, 0.15) is 0 Å². The van der Waals surface area contributed by atoms with Crippen molar-refractivity contribution in [3.8, 4) is 0 Å². The van der Waals surface area contributed by atoms with Gasteiger partial charge in [-0.25, -0.2) is 0 Å². The molecule has 2 bridgehead atoms. The van der Waals surface area contributed by atoms with Crippen LogP contribution in [0.4, 0.5) is 0 Å². The quantitative estimate of drug-likeness (QED) is 0.407. The first-order valence-corrected chi connectivity index (χ1v) is 5.63. The fourth-order valence-corrected chi connectivity index (χ4v) is 2.85. The van der Waals surface area contributed by atoms with Crippen LogP contribution in [0, 0.1) is 17.8 Å². The van der Waals surface area contributed by atoms with Gasteiger partial charge in [0.2, 0.25) is 0 Å². The van der Waals surface area contributed by atoms with Crippen LogP contribution in [0.25, 0.3) is 0 Å². The first-order chi connectivity index (χ1) is 6.70. The number of nitrogens with zero attached hydrogens (tertiary/aromatic N) is 1. The minimum Gasteiger partial charge on any atom is -0.411 e. The predicted molar refractivity (Wildman–Crippen MR) is 57.6 cm³/mol. The van der Waals surface area contributed by atoms with E-state index in [1.165, 1.54) is 24.8 Å². The summed E-state index contributed by atoms with van der Waals surface area (Å²) < 4.78 is 0. The van der Waals surface area contributed by atoms with Crippen LogP contribution in [0.5, 0.6) is 0 Å². The van der Waals surface area contributed by atoms with E-state index in [1.54, 1.807) is 0 Å². The molecule has 1 N–H and O–H groups in total. The number of hydrogen-bond donors (Lipinski definition) is 1. The smallest absolute Gasteiger partial charge is 0.0849 e. The summed E-state index contributed by atoms with van der Waals surface area (Å²) in [5, 5.41) is 12.4. The van der Waals surface area contributed by atoms with Crippen LogP contribution in [0.2, 0.25) is 0 Å². The van der Waals surface area contributed by atoms with Crippen LogP contribution in [0.1, 0.15) is 39.5 Å². The Labute approximate surface area is 85.7 Å². The fourth-order valence-electron chi connectivity index (χ4n) is 2.85. The Kier molecular flexibility index (Phi) is 2.62. The summed E-state index contributed by atoms with van der Waals surface area (Å²) in [6.45, 7) is 4.18. The molecule has 0 radical (unpaired) electrons. The maximum atomic E-state index is 8.99. The lowest BCUT2D eigenvalue weighted by atomic mass is 9.84. The molecule has 2 aliphatic carbocycles. The van der Waals surface area contributed by atoms with E-state index in [1.807, 2.05) is 0 Å². The van der Waals surface area contributed by atoms with Crippen molar-refractivity contribution in [2.45, 2.75) is 39.5 Å². The summed E-state index contributed by atoms with van der Waals surface area (Å²) in [6.07, 6.45) is 7.54. The van der Waals surface area contributed by atoms with E-state index in [-0.39, 0.29) is 0 Å². The molecule has 2 heteroatoms. The second kappa shape index (κ2) is 3.76. The van der Waals surface area contributed by atoms with Crippen molar-refractivity contribution >= 4 is 5.71 Å². The van der Waals surface area contributed by atoms with Gasteiger partial charge in [0.15, 0.2) is 0 Å². The van der Waals surface area contributed by atoms with Gasteiger partial charge < -0.3 is 5.21 Å². The van der Waals surface area contributed by atoms with Crippen molar-refractivity contribution in [2.75, 3.05) is 0 Å². The predicted octanol–water partition coefficient (Wildman–Crippen LogP) is 3.22. The van der Waals surface area contributed by atoms with Crippen LogP contribution >= 0.6 is 0 Å². The van der Waals surface area contributed by atoms with Gasteiger partial charge in [-0.15, -0.1) is 0 Å². The van der Waals surface area contributed by atoms with Crippen molar-refractivity contribution in [1.29, 1.82) is 0 Å². The van der Waals surface area contributed by atoms with Crippen LogP contribution in [0.3, 0.4) is 0 Å². The Morgan fingerprint density at radius 1 is 1.50 bits per heavy atom. The molecule has 2 aliphatic rings. The Bertz CT molecular complexity index is 278. The third-order valence-electron chi connectivity index (χ3n) is 3.51. The zero-order valence-electron chi connectivity index (χ0n) is 9.03. The molecule has 0 aliphatic heterocycles. The summed E-state index contributed by atoms with van der Waals surface area (Å²) in [6, 6.07) is 0. The standard InChI is InChI=1S/C12H19NO/c1-8(2)12(13-14)11-6-9-3-4-10(5-9)7-11/h6,8-10,14H,3-5,7H2,1-2H3. The Morgan fingerprint density at radius 3 is 2.86 bits per heavy atom. The number of oxime groups is 1. The summed E-state index contributed by atoms with van der Waals surface area (Å²) in [5.74, 6) is 1.96. The molecule has 0 aromatic heterocycles.